The molecule has 4 rings (SSSR count). The van der Waals surface area contributed by atoms with Gasteiger partial charge in [-0.15, -0.1) is 0 Å². The number of amides is 1. The van der Waals surface area contributed by atoms with Gasteiger partial charge < -0.3 is 20.1 Å². The van der Waals surface area contributed by atoms with Gasteiger partial charge in [0.15, 0.2) is 0 Å². The highest BCUT2D eigenvalue weighted by atomic mass is 35.5. The van der Waals surface area contributed by atoms with Crippen molar-refractivity contribution in [2.24, 2.45) is 5.92 Å². The predicted molar refractivity (Wildman–Crippen MR) is 124 cm³/mol. The number of aliphatic hydroxyl groups is 1. The summed E-state index contributed by atoms with van der Waals surface area (Å²) in [5.41, 5.74) is 0.883. The Bertz CT molecular complexity index is 994. The summed E-state index contributed by atoms with van der Waals surface area (Å²) in [5, 5.41) is 21.7. The van der Waals surface area contributed by atoms with Crippen LogP contribution in [0.15, 0.2) is 30.6 Å². The van der Waals surface area contributed by atoms with Crippen LogP contribution in [0.4, 0.5) is 5.95 Å². The second-order valence-electron chi connectivity index (χ2n) is 8.70. The molecule has 0 atom stereocenters. The second kappa shape index (κ2) is 10.8. The van der Waals surface area contributed by atoms with Crippen molar-refractivity contribution in [3.63, 3.8) is 0 Å². The lowest BCUT2D eigenvalue weighted by atomic mass is 9.92. The third kappa shape index (κ3) is 5.92. The van der Waals surface area contributed by atoms with E-state index in [1.54, 1.807) is 30.6 Å². The summed E-state index contributed by atoms with van der Waals surface area (Å²) in [6, 6.07) is 7.22. The lowest BCUT2D eigenvalue weighted by Gasteiger charge is -2.31. The molecule has 0 spiro atoms. The van der Waals surface area contributed by atoms with E-state index in [2.05, 4.69) is 20.2 Å². The molecule has 0 radical (unpaired) electrons. The number of anilines is 1. The molecule has 9 heteroatoms. The lowest BCUT2D eigenvalue weighted by molar-refractivity contribution is 0.0893. The molecule has 1 aliphatic heterocycles. The highest BCUT2D eigenvalue weighted by Gasteiger charge is 2.25. The Morgan fingerprint density at radius 3 is 2.48 bits per heavy atom. The number of nitrogens with one attached hydrogen (secondary N) is 1. The standard InChI is InChI=1S/C24H28ClN5O3/c25-22-11-21(4-1-17(22)12-26)33-20-5-2-19(3-6-20)29-23(32)18-13-27-24(28-14-18)30-9-7-16(15-31)8-10-30/h1,4,11,13-14,16,19-20,31H,2-3,5-10,15H2,(H,29,32). The first-order valence-corrected chi connectivity index (χ1v) is 11.8. The number of nitrogens with zero attached hydrogens (tertiary/aromatic N) is 4. The molecule has 1 aromatic carbocycles. The summed E-state index contributed by atoms with van der Waals surface area (Å²) in [4.78, 5) is 23.5. The fourth-order valence-corrected chi connectivity index (χ4v) is 4.58. The maximum absolute atomic E-state index is 12.6. The number of halogens is 1. The van der Waals surface area contributed by atoms with Gasteiger partial charge >= 0.3 is 0 Å². The van der Waals surface area contributed by atoms with Crippen LogP contribution in [-0.2, 0) is 0 Å². The molecule has 1 saturated heterocycles. The van der Waals surface area contributed by atoms with Crippen molar-refractivity contribution in [2.75, 3.05) is 24.6 Å². The number of carbonyl (C=O) groups excluding carboxylic acids is 1. The summed E-state index contributed by atoms with van der Waals surface area (Å²) >= 11 is 6.08. The average Bonchev–Trinajstić information content (AvgIpc) is 2.85. The van der Waals surface area contributed by atoms with Crippen LogP contribution in [0, 0.1) is 17.2 Å². The lowest BCUT2D eigenvalue weighted by Crippen LogP contribution is -2.40. The van der Waals surface area contributed by atoms with Gasteiger partial charge in [0, 0.05) is 44.2 Å². The molecule has 2 fully saturated rings. The second-order valence-corrected chi connectivity index (χ2v) is 9.11. The first-order valence-electron chi connectivity index (χ1n) is 11.4. The smallest absolute Gasteiger partial charge is 0.254 e. The zero-order valence-corrected chi connectivity index (χ0v) is 19.2. The Morgan fingerprint density at radius 1 is 1.18 bits per heavy atom. The molecule has 33 heavy (non-hydrogen) atoms. The molecule has 1 saturated carbocycles. The van der Waals surface area contributed by atoms with Crippen molar-refractivity contribution < 1.29 is 14.6 Å². The van der Waals surface area contributed by atoms with Crippen LogP contribution >= 0.6 is 11.6 Å². The Balaban J connectivity index is 1.24. The van der Waals surface area contributed by atoms with Gasteiger partial charge in [0.25, 0.3) is 5.91 Å². The zero-order chi connectivity index (χ0) is 23.2. The predicted octanol–water partition coefficient (Wildman–Crippen LogP) is 3.33. The van der Waals surface area contributed by atoms with Gasteiger partial charge in [0.1, 0.15) is 11.8 Å². The number of hydrogen-bond donors (Lipinski definition) is 2. The zero-order valence-electron chi connectivity index (χ0n) is 18.4. The first-order chi connectivity index (χ1) is 16.1. The average molecular weight is 470 g/mol. The third-order valence-corrected chi connectivity index (χ3v) is 6.74. The summed E-state index contributed by atoms with van der Waals surface area (Å²) in [5.74, 6) is 1.48. The quantitative estimate of drug-likeness (QED) is 0.667. The fourth-order valence-electron chi connectivity index (χ4n) is 4.36. The van der Waals surface area contributed by atoms with Crippen LogP contribution in [0.3, 0.4) is 0 Å². The van der Waals surface area contributed by atoms with E-state index in [1.807, 2.05) is 6.07 Å². The molecule has 0 unspecified atom stereocenters. The monoisotopic (exact) mass is 469 g/mol. The molecule has 1 aliphatic carbocycles. The van der Waals surface area contributed by atoms with E-state index in [-0.39, 0.29) is 24.7 Å². The molecule has 2 aromatic rings. The molecule has 1 amide bonds. The number of piperidine rings is 1. The van der Waals surface area contributed by atoms with Crippen LogP contribution in [0.25, 0.3) is 0 Å². The fraction of sp³-hybridized carbons (Fsp3) is 0.500. The van der Waals surface area contributed by atoms with Crippen molar-refractivity contribution in [1.29, 1.82) is 5.26 Å². The SMILES string of the molecule is N#Cc1ccc(OC2CCC(NC(=O)c3cnc(N4CCC(CO)CC4)nc3)CC2)cc1Cl. The molecule has 174 valence electrons. The van der Waals surface area contributed by atoms with Crippen molar-refractivity contribution in [3.8, 4) is 11.8 Å². The molecule has 2 heterocycles. The van der Waals surface area contributed by atoms with Crippen LogP contribution in [0.1, 0.15) is 54.4 Å². The topological polar surface area (TPSA) is 111 Å². The Morgan fingerprint density at radius 2 is 1.88 bits per heavy atom. The van der Waals surface area contributed by atoms with Crippen LogP contribution < -0.4 is 15.0 Å². The van der Waals surface area contributed by atoms with E-state index >= 15 is 0 Å². The number of aromatic nitrogens is 2. The minimum Gasteiger partial charge on any atom is -0.490 e. The molecule has 2 N–H and O–H groups in total. The number of benzene rings is 1. The van der Waals surface area contributed by atoms with E-state index in [1.165, 1.54) is 0 Å². The summed E-state index contributed by atoms with van der Waals surface area (Å²) in [6.45, 7) is 1.86. The van der Waals surface area contributed by atoms with Crippen LogP contribution in [-0.4, -0.2) is 52.8 Å². The van der Waals surface area contributed by atoms with E-state index in [4.69, 9.17) is 21.6 Å². The number of aliphatic hydroxyl groups excluding tert-OH is 1. The Hall–Kier alpha value is -2.89. The van der Waals surface area contributed by atoms with Crippen molar-refractivity contribution in [3.05, 3.63) is 46.7 Å². The third-order valence-electron chi connectivity index (χ3n) is 6.43. The molecule has 2 aliphatic rings. The van der Waals surface area contributed by atoms with Gasteiger partial charge in [-0.3, -0.25) is 4.79 Å². The van der Waals surface area contributed by atoms with E-state index in [0.29, 0.717) is 33.8 Å². The number of nitriles is 1. The number of ether oxygens (including phenoxy) is 1. The minimum atomic E-state index is -0.163. The minimum absolute atomic E-state index is 0.0553. The van der Waals surface area contributed by atoms with Gasteiger partial charge in [0.05, 0.1) is 22.3 Å². The Labute approximate surface area is 198 Å². The van der Waals surface area contributed by atoms with Crippen molar-refractivity contribution >= 4 is 23.5 Å². The summed E-state index contributed by atoms with van der Waals surface area (Å²) < 4.78 is 6.01. The van der Waals surface area contributed by atoms with E-state index in [9.17, 15) is 9.90 Å². The van der Waals surface area contributed by atoms with Crippen LogP contribution in [0.2, 0.25) is 5.02 Å². The van der Waals surface area contributed by atoms with Gasteiger partial charge in [-0.25, -0.2) is 9.97 Å². The normalized spacial score (nSPS) is 21.3. The van der Waals surface area contributed by atoms with Crippen LogP contribution in [0.5, 0.6) is 5.75 Å². The molecular weight excluding hydrogens is 442 g/mol. The maximum atomic E-state index is 12.6. The summed E-state index contributed by atoms with van der Waals surface area (Å²) in [7, 11) is 0. The highest BCUT2D eigenvalue weighted by Crippen LogP contribution is 2.27. The summed E-state index contributed by atoms with van der Waals surface area (Å²) in [6.07, 6.45) is 8.35. The van der Waals surface area contributed by atoms with Gasteiger partial charge in [0.2, 0.25) is 5.95 Å². The van der Waals surface area contributed by atoms with E-state index < -0.39 is 0 Å². The number of rotatable bonds is 6. The first kappa shape index (κ1) is 23.3. The molecule has 8 nitrogen and oxygen atoms in total. The van der Waals surface area contributed by atoms with Gasteiger partial charge in [-0.2, -0.15) is 5.26 Å². The molecule has 0 bridgehead atoms. The van der Waals surface area contributed by atoms with Gasteiger partial charge in [-0.1, -0.05) is 11.6 Å². The maximum Gasteiger partial charge on any atom is 0.254 e. The largest absolute Gasteiger partial charge is 0.490 e. The van der Waals surface area contributed by atoms with Gasteiger partial charge in [-0.05, 0) is 56.6 Å². The number of carbonyl (C=O) groups is 1. The van der Waals surface area contributed by atoms with Crippen molar-refractivity contribution in [2.45, 2.75) is 50.7 Å². The highest BCUT2D eigenvalue weighted by molar-refractivity contribution is 6.31. The number of hydrogen-bond acceptors (Lipinski definition) is 7. The molecular formula is C24H28ClN5O3. The molecule has 1 aromatic heterocycles. The van der Waals surface area contributed by atoms with E-state index in [0.717, 1.165) is 51.6 Å². The Kier molecular flexibility index (Phi) is 7.63. The van der Waals surface area contributed by atoms with Crippen molar-refractivity contribution in [1.82, 2.24) is 15.3 Å².